The van der Waals surface area contributed by atoms with E-state index in [1.54, 1.807) is 12.1 Å². The molecule has 0 N–H and O–H groups in total. The molecule has 0 saturated heterocycles. The molecular formula is C39H41NO6Si. The number of nitrogens with zero attached hydrogens (tertiary/aromatic N) is 1. The van der Waals surface area contributed by atoms with Gasteiger partial charge >= 0.3 is 11.5 Å². The largest absolute Gasteiger partial charge is 0.497 e. The van der Waals surface area contributed by atoms with Crippen molar-refractivity contribution in [2.24, 2.45) is 0 Å². The van der Waals surface area contributed by atoms with E-state index in [4.69, 9.17) is 13.9 Å². The van der Waals surface area contributed by atoms with Gasteiger partial charge in [-0.3, -0.25) is 10.1 Å². The van der Waals surface area contributed by atoms with Crippen molar-refractivity contribution in [2.45, 2.75) is 44.2 Å². The lowest BCUT2D eigenvalue weighted by Crippen LogP contribution is -2.66. The molecule has 0 aliphatic rings. The van der Waals surface area contributed by atoms with Crippen LogP contribution in [0.4, 0.5) is 0 Å². The number of rotatable bonds is 13. The molecule has 1 unspecified atom stereocenters. The Morgan fingerprint density at radius 2 is 1.36 bits per heavy atom. The number of methoxy groups -OCH3 is 1. The molecule has 7 nitrogen and oxygen atoms in total. The molecule has 8 heteroatoms. The molecule has 0 saturated carbocycles. The Kier molecular flexibility index (Phi) is 11.5. The lowest BCUT2D eigenvalue weighted by atomic mass is 9.86. The quantitative estimate of drug-likeness (QED) is 0.0402. The summed E-state index contributed by atoms with van der Waals surface area (Å²) in [4.78, 5) is 26.0. The summed E-state index contributed by atoms with van der Waals surface area (Å²) in [6, 6.07) is 35.9. The van der Waals surface area contributed by atoms with Crippen molar-refractivity contribution in [3.8, 4) is 17.6 Å². The van der Waals surface area contributed by atoms with Gasteiger partial charge in [0.1, 0.15) is 12.4 Å². The van der Waals surface area contributed by atoms with Gasteiger partial charge in [-0.05, 0) is 57.4 Å². The Labute approximate surface area is 278 Å². The fraction of sp³-hybridized carbons (Fsp3) is 0.256. The van der Waals surface area contributed by atoms with E-state index in [1.807, 2.05) is 66.7 Å². The van der Waals surface area contributed by atoms with Crippen molar-refractivity contribution in [1.82, 2.24) is 0 Å². The summed E-state index contributed by atoms with van der Waals surface area (Å²) in [6.45, 7) is 10.5. The molecule has 0 bridgehead atoms. The zero-order chi connectivity index (χ0) is 33.9. The summed E-state index contributed by atoms with van der Waals surface area (Å²) in [5, 5.41) is 14.7. The number of esters is 1. The Balaban J connectivity index is 1.57. The van der Waals surface area contributed by atoms with Gasteiger partial charge in [-0.15, -0.1) is 0 Å². The molecule has 0 aromatic heterocycles. The predicted molar refractivity (Wildman–Crippen MR) is 188 cm³/mol. The maximum absolute atomic E-state index is 13.8. The highest BCUT2D eigenvalue weighted by Crippen LogP contribution is 2.37. The molecular weight excluding hydrogens is 607 g/mol. The Hall–Kier alpha value is -4.97. The van der Waals surface area contributed by atoms with E-state index in [2.05, 4.69) is 63.5 Å². The molecule has 242 valence electrons. The molecule has 0 heterocycles. The van der Waals surface area contributed by atoms with Crippen LogP contribution in [0.15, 0.2) is 127 Å². The average molecular weight is 648 g/mol. The lowest BCUT2D eigenvalue weighted by Gasteiger charge is -2.43. The van der Waals surface area contributed by atoms with Gasteiger partial charge in [-0.1, -0.05) is 118 Å². The van der Waals surface area contributed by atoms with E-state index >= 15 is 0 Å². The minimum Gasteiger partial charge on any atom is -0.497 e. The van der Waals surface area contributed by atoms with Gasteiger partial charge in [0.05, 0.1) is 13.7 Å². The SMILES string of the molecule is C=C(COC(=O)C(CCC#Cc1ccccc1)(c1ccc(OC)cc1)[N+](=O)[O-])CO[Si](c1ccccc1)(c1ccccc1)C(C)(C)C. The second-order valence-electron chi connectivity index (χ2n) is 12.3. The first-order chi connectivity index (χ1) is 22.5. The lowest BCUT2D eigenvalue weighted by molar-refractivity contribution is -0.565. The van der Waals surface area contributed by atoms with E-state index in [0.29, 0.717) is 11.3 Å². The first kappa shape index (κ1) is 34.9. The van der Waals surface area contributed by atoms with Gasteiger partial charge < -0.3 is 13.9 Å². The minimum absolute atomic E-state index is 0.0922. The number of nitro groups is 1. The fourth-order valence-corrected chi connectivity index (χ4v) is 10.3. The molecule has 4 aromatic rings. The van der Waals surface area contributed by atoms with Crippen LogP contribution in [0.25, 0.3) is 0 Å². The normalized spacial score (nSPS) is 12.6. The highest BCUT2D eigenvalue weighted by molar-refractivity contribution is 6.99. The van der Waals surface area contributed by atoms with Crippen LogP contribution < -0.4 is 15.1 Å². The Morgan fingerprint density at radius 3 is 1.85 bits per heavy atom. The molecule has 47 heavy (non-hydrogen) atoms. The molecule has 4 aromatic carbocycles. The van der Waals surface area contributed by atoms with Crippen LogP contribution in [0.1, 0.15) is 44.7 Å². The van der Waals surface area contributed by atoms with Crippen molar-refractivity contribution in [3.63, 3.8) is 0 Å². The third kappa shape index (κ3) is 7.88. The van der Waals surface area contributed by atoms with Crippen LogP contribution in [0.5, 0.6) is 5.75 Å². The zero-order valence-electron chi connectivity index (χ0n) is 27.4. The minimum atomic E-state index is -2.87. The smallest absolute Gasteiger partial charge is 0.390 e. The van der Waals surface area contributed by atoms with Crippen LogP contribution in [0, 0.1) is 22.0 Å². The Morgan fingerprint density at radius 1 is 0.830 bits per heavy atom. The maximum atomic E-state index is 13.8. The number of hydrogen-bond donors (Lipinski definition) is 0. The second-order valence-corrected chi connectivity index (χ2v) is 16.6. The van der Waals surface area contributed by atoms with Gasteiger partial charge in [0, 0.05) is 28.9 Å². The number of carbonyl (C=O) groups is 1. The van der Waals surface area contributed by atoms with Crippen LogP contribution in [-0.2, 0) is 19.5 Å². The van der Waals surface area contributed by atoms with Crippen molar-refractivity contribution in [3.05, 3.63) is 149 Å². The molecule has 1 atom stereocenters. The third-order valence-electron chi connectivity index (χ3n) is 8.15. The third-order valence-corrected chi connectivity index (χ3v) is 13.1. The first-order valence-corrected chi connectivity index (χ1v) is 17.4. The standard InChI is InChI=1S/C39H41NO6Si/c1-31(30-46-47(38(2,3)4,35-20-11-7-12-21-35)36-22-13-8-14-23-36)29-45-37(41)39(40(42)43,33-24-26-34(44-5)27-25-33)28-16-15-19-32-17-9-6-10-18-32/h6-14,17-18,20-27H,1,16,28-30H2,2-5H3. The number of hydrogen-bond acceptors (Lipinski definition) is 6. The molecule has 0 radical (unpaired) electrons. The summed E-state index contributed by atoms with van der Waals surface area (Å²) in [7, 11) is -1.37. The summed E-state index contributed by atoms with van der Waals surface area (Å²) in [5.74, 6) is 5.53. The molecule has 0 aliphatic carbocycles. The zero-order valence-corrected chi connectivity index (χ0v) is 28.4. The second kappa shape index (κ2) is 15.5. The number of carbonyl (C=O) groups excluding carboxylic acids is 1. The molecule has 0 aliphatic heterocycles. The highest BCUT2D eigenvalue weighted by Gasteiger charge is 2.54. The van der Waals surface area contributed by atoms with E-state index in [1.165, 1.54) is 19.2 Å². The maximum Gasteiger partial charge on any atom is 0.390 e. The molecule has 0 amide bonds. The molecule has 0 fully saturated rings. The van der Waals surface area contributed by atoms with Crippen molar-refractivity contribution in [1.29, 1.82) is 0 Å². The number of benzene rings is 4. The van der Waals surface area contributed by atoms with Gasteiger partial charge in [-0.25, -0.2) is 4.79 Å². The van der Waals surface area contributed by atoms with Gasteiger partial charge in [-0.2, -0.15) is 0 Å². The summed E-state index contributed by atoms with van der Waals surface area (Å²) in [5.41, 5.74) is -0.730. The highest BCUT2D eigenvalue weighted by atomic mass is 28.4. The van der Waals surface area contributed by atoms with Crippen LogP contribution >= 0.6 is 0 Å². The van der Waals surface area contributed by atoms with Crippen LogP contribution in [0.3, 0.4) is 0 Å². The van der Waals surface area contributed by atoms with Gasteiger partial charge in [0.25, 0.3) is 8.32 Å². The van der Waals surface area contributed by atoms with E-state index < -0.39 is 24.7 Å². The van der Waals surface area contributed by atoms with Crippen molar-refractivity contribution >= 4 is 24.7 Å². The summed E-state index contributed by atoms with van der Waals surface area (Å²) in [6.07, 6.45) is -0.0923. The predicted octanol–water partition coefficient (Wildman–Crippen LogP) is 6.68. The van der Waals surface area contributed by atoms with Crippen LogP contribution in [0.2, 0.25) is 5.04 Å². The topological polar surface area (TPSA) is 87.9 Å². The number of ether oxygens (including phenoxy) is 2. The molecule has 0 spiro atoms. The van der Waals surface area contributed by atoms with Crippen LogP contribution in [-0.4, -0.2) is 39.5 Å². The van der Waals surface area contributed by atoms with Crippen molar-refractivity contribution in [2.75, 3.05) is 20.3 Å². The van der Waals surface area contributed by atoms with Gasteiger partial charge in [0.2, 0.25) is 0 Å². The fourth-order valence-electron chi connectivity index (χ4n) is 5.73. The Bertz CT molecular complexity index is 1670. The van der Waals surface area contributed by atoms with Crippen molar-refractivity contribution < 1.29 is 23.6 Å². The summed E-state index contributed by atoms with van der Waals surface area (Å²) >= 11 is 0. The van der Waals surface area contributed by atoms with Gasteiger partial charge in [0.15, 0.2) is 0 Å². The first-order valence-electron chi connectivity index (χ1n) is 15.5. The average Bonchev–Trinajstić information content (AvgIpc) is 3.08. The summed E-state index contributed by atoms with van der Waals surface area (Å²) < 4.78 is 17.8. The monoisotopic (exact) mass is 647 g/mol. The van der Waals surface area contributed by atoms with E-state index in [9.17, 15) is 14.9 Å². The molecule has 4 rings (SSSR count). The van der Waals surface area contributed by atoms with E-state index in [-0.39, 0.29) is 36.7 Å². The van der Waals surface area contributed by atoms with E-state index in [0.717, 1.165) is 15.9 Å².